The van der Waals surface area contributed by atoms with Gasteiger partial charge in [0.25, 0.3) is 0 Å². The smallest absolute Gasteiger partial charge is 0.352 e. The number of benzene rings is 2. The molecule has 0 unspecified atom stereocenters. The average molecular weight is 437 g/mol. The summed E-state index contributed by atoms with van der Waals surface area (Å²) < 4.78 is 0. The molecule has 2 aliphatic heterocycles. The molecule has 4 N–H and O–H groups in total. The Hall–Kier alpha value is -3.10. The predicted octanol–water partition coefficient (Wildman–Crippen LogP) is 3.22. The minimum absolute atomic E-state index is 0.366. The van der Waals surface area contributed by atoms with E-state index in [-0.39, 0.29) is 0 Å². The van der Waals surface area contributed by atoms with E-state index in [4.69, 9.17) is 5.73 Å². The molecule has 170 valence electrons. The number of amidine groups is 1. The van der Waals surface area contributed by atoms with E-state index in [1.165, 1.54) is 16.8 Å². The molecule has 0 bridgehead atoms. The largest absolute Gasteiger partial charge is 0.390 e. The Labute approximate surface area is 189 Å². The molecule has 32 heavy (non-hydrogen) atoms. The quantitative estimate of drug-likeness (QED) is 0.669. The lowest BCUT2D eigenvalue weighted by Gasteiger charge is -2.38. The molecule has 0 spiro atoms. The van der Waals surface area contributed by atoms with E-state index in [0.29, 0.717) is 11.8 Å². The van der Waals surface area contributed by atoms with Crippen LogP contribution in [0.15, 0.2) is 53.6 Å². The summed E-state index contributed by atoms with van der Waals surface area (Å²) >= 11 is 0. The number of nitrogens with zero attached hydrogens (tertiary/aromatic N) is 4. The molecule has 2 aromatic carbocycles. The molecule has 2 amide bonds. The van der Waals surface area contributed by atoms with Crippen LogP contribution in [0.1, 0.15) is 44.7 Å². The van der Waals surface area contributed by atoms with Gasteiger partial charge in [-0.05, 0) is 81.3 Å². The van der Waals surface area contributed by atoms with Crippen molar-refractivity contribution in [2.45, 2.75) is 45.6 Å². The van der Waals surface area contributed by atoms with Crippen LogP contribution in [0.25, 0.3) is 0 Å². The number of carbonyl (C=O) groups is 1. The van der Waals surface area contributed by atoms with Crippen molar-refractivity contribution in [3.63, 3.8) is 0 Å². The highest BCUT2D eigenvalue weighted by Crippen LogP contribution is 2.30. The van der Waals surface area contributed by atoms with Crippen LogP contribution in [-0.2, 0) is 6.42 Å². The van der Waals surface area contributed by atoms with Crippen molar-refractivity contribution >= 4 is 23.2 Å². The first kappa shape index (κ1) is 22.1. The van der Waals surface area contributed by atoms with Gasteiger partial charge in [0.05, 0.1) is 11.3 Å². The number of hydrazine groups is 2. The number of aliphatic hydroxyl groups is 1. The van der Waals surface area contributed by atoms with Gasteiger partial charge in [0, 0.05) is 18.8 Å². The predicted molar refractivity (Wildman–Crippen MR) is 127 cm³/mol. The second-order valence-electron chi connectivity index (χ2n) is 9.16. The fourth-order valence-electron chi connectivity index (χ4n) is 4.39. The third-order valence-corrected chi connectivity index (χ3v) is 6.37. The number of nitrogens with two attached hydrogens (primary N) is 1. The molecule has 2 heterocycles. The van der Waals surface area contributed by atoms with E-state index >= 15 is 0 Å². The second-order valence-corrected chi connectivity index (χ2v) is 9.16. The first-order valence-corrected chi connectivity index (χ1v) is 11.1. The highest BCUT2D eigenvalue weighted by Gasteiger charge is 2.30. The molecule has 0 aromatic heterocycles. The monoisotopic (exact) mass is 436 g/mol. The molecule has 0 saturated carbocycles. The number of primary amides is 1. The summed E-state index contributed by atoms with van der Waals surface area (Å²) in [5.74, 6) is 1.00. The van der Waals surface area contributed by atoms with Crippen LogP contribution in [0, 0.1) is 5.92 Å². The van der Waals surface area contributed by atoms with Gasteiger partial charge in [0.2, 0.25) is 0 Å². The lowest BCUT2D eigenvalue weighted by molar-refractivity contribution is 0.00651. The van der Waals surface area contributed by atoms with Crippen molar-refractivity contribution in [3.05, 3.63) is 59.7 Å². The maximum Gasteiger partial charge on any atom is 0.352 e. The van der Waals surface area contributed by atoms with E-state index in [1.807, 2.05) is 26.0 Å². The van der Waals surface area contributed by atoms with Gasteiger partial charge in [0.1, 0.15) is 5.84 Å². The molecular formula is C24H32N6O2. The number of hydrogen-bond donors (Lipinski definition) is 3. The summed E-state index contributed by atoms with van der Waals surface area (Å²) in [6, 6.07) is 16.2. The van der Waals surface area contributed by atoms with Gasteiger partial charge < -0.3 is 15.7 Å². The third kappa shape index (κ3) is 4.87. The summed E-state index contributed by atoms with van der Waals surface area (Å²) in [6.45, 7) is 7.60. The number of amides is 2. The highest BCUT2D eigenvalue weighted by atomic mass is 16.3. The highest BCUT2D eigenvalue weighted by molar-refractivity contribution is 5.97. The lowest BCUT2D eigenvalue weighted by atomic mass is 9.83. The molecule has 2 aliphatic rings. The molecule has 8 nitrogen and oxygen atoms in total. The zero-order valence-corrected chi connectivity index (χ0v) is 19.0. The first-order valence-electron chi connectivity index (χ1n) is 11.1. The van der Waals surface area contributed by atoms with E-state index in [2.05, 4.69) is 51.9 Å². The molecule has 1 fully saturated rings. The standard InChI is InChI=1S/C24H32N6O2/c1-17-26-30(23(25)31)27-29(17)22-10-6-19(7-11-22)16-18-4-8-21(9-5-18)28-14-12-20(13-15-28)24(2,3)32/h4-11,20,27,32H,12-16H2,1-3H3,(H2,25,31). The molecule has 2 aromatic rings. The van der Waals surface area contributed by atoms with Crippen LogP contribution in [0.2, 0.25) is 0 Å². The van der Waals surface area contributed by atoms with Crippen molar-refractivity contribution in [2.75, 3.05) is 23.0 Å². The van der Waals surface area contributed by atoms with Gasteiger partial charge in [-0.3, -0.25) is 0 Å². The Bertz CT molecular complexity index is 973. The van der Waals surface area contributed by atoms with E-state index in [1.54, 1.807) is 11.9 Å². The minimum atomic E-state index is -0.659. The van der Waals surface area contributed by atoms with E-state index < -0.39 is 11.6 Å². The number of rotatable bonds is 5. The normalized spacial score (nSPS) is 17.6. The van der Waals surface area contributed by atoms with Gasteiger partial charge in [-0.2, -0.15) is 0 Å². The average Bonchev–Trinajstić information content (AvgIpc) is 3.16. The maximum atomic E-state index is 11.3. The van der Waals surface area contributed by atoms with Crippen LogP contribution in [-0.4, -0.2) is 40.8 Å². The van der Waals surface area contributed by atoms with Crippen LogP contribution >= 0.6 is 0 Å². The molecule has 0 radical (unpaired) electrons. The number of nitrogens with one attached hydrogen (secondary N) is 1. The van der Waals surface area contributed by atoms with E-state index in [0.717, 1.165) is 43.2 Å². The first-order chi connectivity index (χ1) is 15.2. The summed E-state index contributed by atoms with van der Waals surface area (Å²) in [7, 11) is 0. The van der Waals surface area contributed by atoms with Crippen LogP contribution in [0.5, 0.6) is 0 Å². The Kier molecular flexibility index (Phi) is 6.08. The van der Waals surface area contributed by atoms with Crippen LogP contribution < -0.4 is 21.2 Å². The Morgan fingerprint density at radius 2 is 1.59 bits per heavy atom. The SMILES string of the molecule is CC1=NN(C(N)=O)NN1c1ccc(Cc2ccc(N3CCC(C(C)(C)O)CC3)cc2)cc1. The zero-order chi connectivity index (χ0) is 22.9. The van der Waals surface area contributed by atoms with Crippen LogP contribution in [0.4, 0.5) is 16.2 Å². The van der Waals surface area contributed by atoms with Gasteiger partial charge in [0.15, 0.2) is 0 Å². The topological polar surface area (TPSA) is 97.4 Å². The van der Waals surface area contributed by atoms with Gasteiger partial charge in [-0.1, -0.05) is 24.3 Å². The van der Waals surface area contributed by atoms with Crippen molar-refractivity contribution in [2.24, 2.45) is 16.8 Å². The van der Waals surface area contributed by atoms with Gasteiger partial charge in [-0.15, -0.1) is 15.8 Å². The second kappa shape index (κ2) is 8.80. The number of hydrazone groups is 1. The van der Waals surface area contributed by atoms with Crippen molar-refractivity contribution in [1.82, 2.24) is 10.7 Å². The molecule has 8 heteroatoms. The molecule has 0 aliphatic carbocycles. The molecule has 0 atom stereocenters. The zero-order valence-electron chi connectivity index (χ0n) is 19.0. The summed E-state index contributed by atoms with van der Waals surface area (Å²) in [6.07, 6.45) is 2.88. The third-order valence-electron chi connectivity index (χ3n) is 6.37. The lowest BCUT2D eigenvalue weighted by Crippen LogP contribution is -2.46. The van der Waals surface area contributed by atoms with Crippen molar-refractivity contribution in [1.29, 1.82) is 0 Å². The Morgan fingerprint density at radius 3 is 2.06 bits per heavy atom. The number of hydrogen-bond acceptors (Lipinski definition) is 6. The van der Waals surface area contributed by atoms with Gasteiger partial charge in [-0.25, -0.2) is 9.80 Å². The number of anilines is 2. The Balaban J connectivity index is 1.34. The summed E-state index contributed by atoms with van der Waals surface area (Å²) in [5, 5.41) is 17.0. The van der Waals surface area contributed by atoms with Crippen molar-refractivity contribution < 1.29 is 9.90 Å². The fraction of sp³-hybridized carbons (Fsp3) is 0.417. The Morgan fingerprint density at radius 1 is 1.06 bits per heavy atom. The number of urea groups is 1. The van der Waals surface area contributed by atoms with E-state index in [9.17, 15) is 9.90 Å². The minimum Gasteiger partial charge on any atom is -0.390 e. The summed E-state index contributed by atoms with van der Waals surface area (Å²) in [4.78, 5) is 13.7. The van der Waals surface area contributed by atoms with Gasteiger partial charge >= 0.3 is 6.03 Å². The summed E-state index contributed by atoms with van der Waals surface area (Å²) in [5.41, 5.74) is 12.1. The molecular weight excluding hydrogens is 404 g/mol. The molecule has 4 rings (SSSR count). The van der Waals surface area contributed by atoms with Crippen LogP contribution in [0.3, 0.4) is 0 Å². The maximum absolute atomic E-state index is 11.3. The fourth-order valence-corrected chi connectivity index (χ4v) is 4.39. The number of carbonyl (C=O) groups excluding carboxylic acids is 1. The number of piperidine rings is 1. The van der Waals surface area contributed by atoms with Crippen molar-refractivity contribution in [3.8, 4) is 0 Å². The molecule has 1 saturated heterocycles.